The van der Waals surface area contributed by atoms with E-state index in [2.05, 4.69) is 20.3 Å². The molecule has 0 amide bonds. The van der Waals surface area contributed by atoms with Gasteiger partial charge in [-0.1, -0.05) is 0 Å². The molecule has 1 atom stereocenters. The molecule has 0 saturated carbocycles. The van der Waals surface area contributed by atoms with E-state index in [-0.39, 0.29) is 5.92 Å². The van der Waals surface area contributed by atoms with E-state index >= 15 is 0 Å². The highest BCUT2D eigenvalue weighted by molar-refractivity contribution is 5.55. The number of aromatic nitrogens is 6. The van der Waals surface area contributed by atoms with E-state index in [0.29, 0.717) is 18.2 Å². The first-order chi connectivity index (χ1) is 11.4. The van der Waals surface area contributed by atoms with Crippen molar-refractivity contribution in [1.82, 2.24) is 29.2 Å². The van der Waals surface area contributed by atoms with Crippen LogP contribution in [0.1, 0.15) is 24.6 Å². The van der Waals surface area contributed by atoms with Gasteiger partial charge < -0.3 is 9.15 Å². The van der Waals surface area contributed by atoms with Crippen molar-refractivity contribution in [2.45, 2.75) is 18.8 Å². The average molecular weight is 310 g/mol. The van der Waals surface area contributed by atoms with Crippen LogP contribution < -0.4 is 0 Å². The number of ether oxygens (including phenoxy) is 1. The molecule has 0 bridgehead atoms. The number of fused-ring (bicyclic) bond motifs is 2. The van der Waals surface area contributed by atoms with Crippen LogP contribution in [-0.2, 0) is 4.74 Å². The van der Waals surface area contributed by atoms with Crippen molar-refractivity contribution in [1.29, 1.82) is 0 Å². The van der Waals surface area contributed by atoms with E-state index in [9.17, 15) is 0 Å². The van der Waals surface area contributed by atoms with Crippen molar-refractivity contribution in [3.63, 3.8) is 0 Å². The van der Waals surface area contributed by atoms with Crippen LogP contribution in [0.25, 0.3) is 22.9 Å². The molecule has 1 aliphatic rings. The Hall–Kier alpha value is -2.74. The summed E-state index contributed by atoms with van der Waals surface area (Å²) in [5, 5.41) is 13.2. The fraction of sp³-hybridized carbons (Fsp3) is 0.333. The molecule has 0 radical (unpaired) electrons. The minimum absolute atomic E-state index is 0.232. The smallest absolute Gasteiger partial charge is 0.306 e. The maximum atomic E-state index is 5.72. The summed E-state index contributed by atoms with van der Waals surface area (Å²) >= 11 is 0. The maximum Gasteiger partial charge on any atom is 0.306 e. The normalized spacial score (nSPS) is 18.9. The van der Waals surface area contributed by atoms with Crippen molar-refractivity contribution in [2.24, 2.45) is 0 Å². The Balaban J connectivity index is 1.61. The van der Waals surface area contributed by atoms with Crippen LogP contribution in [0.4, 0.5) is 0 Å². The second-order valence-electron chi connectivity index (χ2n) is 5.67. The van der Waals surface area contributed by atoms with Gasteiger partial charge in [0.1, 0.15) is 5.69 Å². The number of imidazole rings is 1. The molecular formula is C15H14N6O2. The number of hydrogen-bond donors (Lipinski definition) is 0. The van der Waals surface area contributed by atoms with Gasteiger partial charge in [0.2, 0.25) is 0 Å². The number of rotatable bonds is 2. The van der Waals surface area contributed by atoms with Gasteiger partial charge >= 0.3 is 5.84 Å². The second-order valence-corrected chi connectivity index (χ2v) is 5.67. The molecule has 0 spiro atoms. The van der Waals surface area contributed by atoms with Gasteiger partial charge in [0.05, 0.1) is 12.8 Å². The van der Waals surface area contributed by atoms with E-state index in [1.54, 1.807) is 10.7 Å². The fourth-order valence-corrected chi connectivity index (χ4v) is 2.98. The van der Waals surface area contributed by atoms with Crippen molar-refractivity contribution >= 4 is 11.5 Å². The van der Waals surface area contributed by atoms with Gasteiger partial charge in [0, 0.05) is 24.9 Å². The van der Waals surface area contributed by atoms with Gasteiger partial charge in [-0.15, -0.1) is 10.2 Å². The lowest BCUT2D eigenvalue weighted by Gasteiger charge is -2.19. The lowest BCUT2D eigenvalue weighted by molar-refractivity contribution is 0.0774. The summed E-state index contributed by atoms with van der Waals surface area (Å²) in [6.45, 7) is 1.49. The fourth-order valence-electron chi connectivity index (χ4n) is 2.98. The molecule has 4 aromatic heterocycles. The third-order valence-electron chi connectivity index (χ3n) is 4.16. The van der Waals surface area contributed by atoms with Gasteiger partial charge in [0.25, 0.3) is 0 Å². The van der Waals surface area contributed by atoms with E-state index in [0.717, 1.165) is 36.6 Å². The molecular weight excluding hydrogens is 296 g/mol. The predicted octanol–water partition coefficient (Wildman–Crippen LogP) is 1.93. The molecule has 1 aliphatic heterocycles. The highest BCUT2D eigenvalue weighted by atomic mass is 16.5. The average Bonchev–Trinajstić information content (AvgIpc) is 3.29. The first-order valence-electron chi connectivity index (χ1n) is 7.61. The summed E-state index contributed by atoms with van der Waals surface area (Å²) in [4.78, 5) is 4.13. The van der Waals surface area contributed by atoms with Gasteiger partial charge in [-0.05, 0) is 25.0 Å². The van der Waals surface area contributed by atoms with Gasteiger partial charge in [-0.3, -0.25) is 4.40 Å². The maximum absolute atomic E-state index is 5.72. The third kappa shape index (κ3) is 2.02. The summed E-state index contributed by atoms with van der Waals surface area (Å²) in [5.41, 5.74) is 1.45. The molecule has 1 fully saturated rings. The number of hydrogen-bond acceptors (Lipinski definition) is 6. The van der Waals surface area contributed by atoms with E-state index in [4.69, 9.17) is 9.15 Å². The molecule has 1 saturated heterocycles. The van der Waals surface area contributed by atoms with Crippen LogP contribution in [0.2, 0.25) is 0 Å². The number of nitrogens with zero attached hydrogens (tertiary/aromatic N) is 6. The summed E-state index contributed by atoms with van der Waals surface area (Å²) in [6.07, 6.45) is 7.48. The van der Waals surface area contributed by atoms with Crippen molar-refractivity contribution in [3.05, 3.63) is 36.5 Å². The molecule has 8 nitrogen and oxygen atoms in total. The molecule has 0 N–H and O–H groups in total. The molecule has 116 valence electrons. The van der Waals surface area contributed by atoms with Gasteiger partial charge in [-0.25, -0.2) is 4.98 Å². The van der Waals surface area contributed by atoms with Crippen molar-refractivity contribution in [2.75, 3.05) is 13.2 Å². The van der Waals surface area contributed by atoms with E-state index in [1.165, 1.54) is 0 Å². The summed E-state index contributed by atoms with van der Waals surface area (Å²) < 4.78 is 14.9. The Morgan fingerprint density at radius 1 is 1.22 bits per heavy atom. The van der Waals surface area contributed by atoms with Crippen LogP contribution in [0.15, 0.2) is 35.1 Å². The van der Waals surface area contributed by atoms with Crippen LogP contribution in [-0.4, -0.2) is 42.4 Å². The zero-order valence-corrected chi connectivity index (χ0v) is 12.3. The summed E-state index contributed by atoms with van der Waals surface area (Å²) in [6, 6.07) is 3.78. The van der Waals surface area contributed by atoms with Crippen molar-refractivity contribution < 1.29 is 9.15 Å². The molecule has 1 unspecified atom stereocenters. The number of oxazole rings is 1. The van der Waals surface area contributed by atoms with Gasteiger partial charge in [-0.2, -0.15) is 9.61 Å². The van der Waals surface area contributed by atoms with Crippen LogP contribution >= 0.6 is 0 Å². The quantitative estimate of drug-likeness (QED) is 0.562. The predicted molar refractivity (Wildman–Crippen MR) is 80.0 cm³/mol. The topological polar surface area (TPSA) is 82.8 Å². The highest BCUT2D eigenvalue weighted by Gasteiger charge is 2.22. The molecule has 0 aromatic carbocycles. The molecule has 5 heterocycles. The van der Waals surface area contributed by atoms with E-state index in [1.807, 2.05) is 28.9 Å². The Morgan fingerprint density at radius 2 is 2.22 bits per heavy atom. The zero-order valence-electron chi connectivity index (χ0n) is 12.3. The van der Waals surface area contributed by atoms with Crippen LogP contribution in [0, 0.1) is 0 Å². The zero-order chi connectivity index (χ0) is 15.2. The minimum atomic E-state index is 0.232. The Morgan fingerprint density at radius 3 is 3.09 bits per heavy atom. The standard InChI is InChI=1S/C15H14N6O2/c1-2-10(9-22-7-1)14-18-17-13-4-3-11(19-21(13)14)12-8-20-6-5-16-15(20)23-12/h3-6,8,10H,1-2,7,9H2. The largest absolute Gasteiger partial charge is 0.421 e. The molecule has 5 rings (SSSR count). The third-order valence-corrected chi connectivity index (χ3v) is 4.16. The lowest BCUT2D eigenvalue weighted by Crippen LogP contribution is -2.18. The molecule has 23 heavy (non-hydrogen) atoms. The second kappa shape index (κ2) is 4.88. The minimum Gasteiger partial charge on any atom is -0.421 e. The SMILES string of the molecule is c1cn2cc(-c3ccc4nnc(C5CCCOC5)n4n3)oc2n1. The Bertz CT molecular complexity index is 950. The highest BCUT2D eigenvalue weighted by Crippen LogP contribution is 2.25. The molecule has 0 aliphatic carbocycles. The van der Waals surface area contributed by atoms with Crippen LogP contribution in [0.5, 0.6) is 0 Å². The molecule has 8 heteroatoms. The summed E-state index contributed by atoms with van der Waals surface area (Å²) in [7, 11) is 0. The van der Waals surface area contributed by atoms with Gasteiger partial charge in [0.15, 0.2) is 17.2 Å². The lowest BCUT2D eigenvalue weighted by atomic mass is 10.0. The first kappa shape index (κ1) is 12.8. The Labute approximate surface area is 130 Å². The molecule has 4 aromatic rings. The Kier molecular flexibility index (Phi) is 2.71. The van der Waals surface area contributed by atoms with Crippen LogP contribution in [0.3, 0.4) is 0 Å². The first-order valence-corrected chi connectivity index (χ1v) is 7.61. The summed E-state index contributed by atoms with van der Waals surface area (Å²) in [5.74, 6) is 2.29. The van der Waals surface area contributed by atoms with Crippen molar-refractivity contribution in [3.8, 4) is 11.5 Å². The van der Waals surface area contributed by atoms with E-state index < -0.39 is 0 Å². The monoisotopic (exact) mass is 310 g/mol.